The van der Waals surface area contributed by atoms with E-state index in [4.69, 9.17) is 5.73 Å². The molecule has 0 radical (unpaired) electrons. The number of hydrogen-bond acceptors (Lipinski definition) is 5. The van der Waals surface area contributed by atoms with Gasteiger partial charge in [-0.3, -0.25) is 4.79 Å². The van der Waals surface area contributed by atoms with Crippen molar-refractivity contribution in [1.82, 2.24) is 14.8 Å². The van der Waals surface area contributed by atoms with Gasteiger partial charge in [0.05, 0.1) is 16.9 Å². The lowest BCUT2D eigenvalue weighted by molar-refractivity contribution is 0.0696. The number of aromatic carboxylic acids is 1. The summed E-state index contributed by atoms with van der Waals surface area (Å²) in [5.74, 6) is -0.791. The summed E-state index contributed by atoms with van der Waals surface area (Å²) in [7, 11) is 0. The van der Waals surface area contributed by atoms with Crippen LogP contribution in [-0.4, -0.2) is 25.8 Å². The molecule has 0 fully saturated rings. The molecule has 3 rings (SSSR count). The van der Waals surface area contributed by atoms with Crippen LogP contribution in [0.5, 0.6) is 0 Å². The van der Waals surface area contributed by atoms with Crippen molar-refractivity contribution < 1.29 is 9.90 Å². The predicted molar refractivity (Wildman–Crippen MR) is 96.9 cm³/mol. The molecule has 126 valence electrons. The maximum Gasteiger partial charge on any atom is 0.336 e. The Morgan fingerprint density at radius 1 is 1.28 bits per heavy atom. The van der Waals surface area contributed by atoms with Crippen LogP contribution >= 0.6 is 15.9 Å². The van der Waals surface area contributed by atoms with Gasteiger partial charge in [0, 0.05) is 22.3 Å². The fraction of sp³-hybridized carbons (Fsp3) is 0.0588. The maximum atomic E-state index is 12.3. The number of nitrogen functional groups attached to an aromatic ring is 1. The third kappa shape index (κ3) is 3.16. The molecular formula is C17H13BrN4O3. The van der Waals surface area contributed by atoms with E-state index in [0.717, 1.165) is 9.15 Å². The monoisotopic (exact) mass is 400 g/mol. The summed E-state index contributed by atoms with van der Waals surface area (Å²) >= 11 is 3.33. The number of hydrogen-bond donors (Lipinski definition) is 2. The number of aromatic nitrogens is 3. The predicted octanol–water partition coefficient (Wildman–Crippen LogP) is 2.65. The topological polar surface area (TPSA) is 111 Å². The highest BCUT2D eigenvalue weighted by atomic mass is 79.9. The molecule has 0 spiro atoms. The molecule has 2 heterocycles. The van der Waals surface area contributed by atoms with E-state index >= 15 is 0 Å². The zero-order chi connectivity index (χ0) is 18.1. The molecule has 8 heteroatoms. The fourth-order valence-corrected chi connectivity index (χ4v) is 2.80. The van der Waals surface area contributed by atoms with Gasteiger partial charge in [-0.25, -0.2) is 9.78 Å². The lowest BCUT2D eigenvalue weighted by atomic mass is 10.1. The van der Waals surface area contributed by atoms with Crippen molar-refractivity contribution in [3.05, 3.63) is 68.5 Å². The first-order valence-electron chi connectivity index (χ1n) is 7.23. The van der Waals surface area contributed by atoms with Gasteiger partial charge in [0.1, 0.15) is 5.82 Å². The summed E-state index contributed by atoms with van der Waals surface area (Å²) in [5, 5.41) is 13.6. The zero-order valence-electron chi connectivity index (χ0n) is 13.1. The standard InChI is InChI=1S/C17H13BrN4O3/c1-9-11(17(24)25)3-2-4-14(9)22-15(23)6-5-13(21-22)12-7-10(18)8-20-16(12)19/h2-8H,1H3,(H2,19,20)(H,24,25). The van der Waals surface area contributed by atoms with E-state index in [0.29, 0.717) is 22.5 Å². The molecule has 0 saturated carbocycles. The minimum atomic E-state index is -1.07. The van der Waals surface area contributed by atoms with E-state index in [1.54, 1.807) is 37.4 Å². The van der Waals surface area contributed by atoms with Gasteiger partial charge in [-0.2, -0.15) is 9.78 Å². The van der Waals surface area contributed by atoms with Gasteiger partial charge >= 0.3 is 5.97 Å². The van der Waals surface area contributed by atoms with E-state index < -0.39 is 5.97 Å². The highest BCUT2D eigenvalue weighted by Crippen LogP contribution is 2.25. The van der Waals surface area contributed by atoms with Crippen LogP contribution in [0.15, 0.2) is 51.9 Å². The van der Waals surface area contributed by atoms with Crippen molar-refractivity contribution in [2.45, 2.75) is 6.92 Å². The molecule has 0 bridgehead atoms. The summed E-state index contributed by atoms with van der Waals surface area (Å²) in [6, 6.07) is 9.35. The van der Waals surface area contributed by atoms with Gasteiger partial charge in [-0.1, -0.05) is 6.07 Å². The van der Waals surface area contributed by atoms with E-state index in [9.17, 15) is 14.7 Å². The van der Waals surface area contributed by atoms with Gasteiger partial charge in [-0.05, 0) is 52.7 Å². The molecule has 0 aliphatic rings. The van der Waals surface area contributed by atoms with Crippen molar-refractivity contribution in [2.75, 3.05) is 5.73 Å². The smallest absolute Gasteiger partial charge is 0.336 e. The van der Waals surface area contributed by atoms with Crippen LogP contribution in [0.25, 0.3) is 16.9 Å². The summed E-state index contributed by atoms with van der Waals surface area (Å²) < 4.78 is 1.89. The van der Waals surface area contributed by atoms with Crippen molar-refractivity contribution in [3.63, 3.8) is 0 Å². The molecular weight excluding hydrogens is 388 g/mol. The fourth-order valence-electron chi connectivity index (χ4n) is 2.47. The number of pyridine rings is 1. The number of rotatable bonds is 3. The first-order valence-corrected chi connectivity index (χ1v) is 8.03. The Balaban J connectivity index is 2.23. The average molecular weight is 401 g/mol. The van der Waals surface area contributed by atoms with Gasteiger partial charge in [0.15, 0.2) is 0 Å². The molecule has 0 saturated heterocycles. The van der Waals surface area contributed by atoms with Crippen molar-refractivity contribution in [2.24, 2.45) is 0 Å². The lowest BCUT2D eigenvalue weighted by Gasteiger charge is -2.12. The van der Waals surface area contributed by atoms with Crippen LogP contribution < -0.4 is 11.3 Å². The Morgan fingerprint density at radius 2 is 2.04 bits per heavy atom. The molecule has 0 amide bonds. The molecule has 3 aromatic rings. The summed E-state index contributed by atoms with van der Waals surface area (Å²) in [6.07, 6.45) is 1.56. The second kappa shape index (κ2) is 6.48. The van der Waals surface area contributed by atoms with Gasteiger partial charge in [0.25, 0.3) is 5.56 Å². The van der Waals surface area contributed by atoms with Gasteiger partial charge in [0.2, 0.25) is 0 Å². The van der Waals surface area contributed by atoms with Crippen LogP contribution in [0, 0.1) is 6.92 Å². The summed E-state index contributed by atoms with van der Waals surface area (Å²) in [4.78, 5) is 27.7. The number of carboxylic acids is 1. The largest absolute Gasteiger partial charge is 0.478 e. The number of nitrogens with two attached hydrogens (primary N) is 1. The highest BCUT2D eigenvalue weighted by molar-refractivity contribution is 9.10. The Kier molecular flexibility index (Phi) is 4.37. The molecule has 0 aliphatic carbocycles. The zero-order valence-corrected chi connectivity index (χ0v) is 14.7. The van der Waals surface area contributed by atoms with Gasteiger partial charge < -0.3 is 10.8 Å². The molecule has 0 atom stereocenters. The third-order valence-electron chi connectivity index (χ3n) is 3.73. The van der Waals surface area contributed by atoms with Gasteiger partial charge in [-0.15, -0.1) is 0 Å². The quantitative estimate of drug-likeness (QED) is 0.698. The van der Waals surface area contributed by atoms with Crippen molar-refractivity contribution in [3.8, 4) is 16.9 Å². The van der Waals surface area contributed by atoms with E-state index in [-0.39, 0.29) is 16.9 Å². The number of halogens is 1. The Hall–Kier alpha value is -3.00. The highest BCUT2D eigenvalue weighted by Gasteiger charge is 2.14. The van der Waals surface area contributed by atoms with E-state index in [1.807, 2.05) is 0 Å². The molecule has 2 aromatic heterocycles. The molecule has 0 unspecified atom stereocenters. The second-order valence-corrected chi connectivity index (χ2v) is 6.23. The Bertz CT molecular complexity index is 1050. The molecule has 7 nitrogen and oxygen atoms in total. The third-order valence-corrected chi connectivity index (χ3v) is 4.16. The van der Waals surface area contributed by atoms with Crippen LogP contribution in [0.4, 0.5) is 5.82 Å². The molecule has 0 aliphatic heterocycles. The first-order chi connectivity index (χ1) is 11.9. The Morgan fingerprint density at radius 3 is 2.76 bits per heavy atom. The van der Waals surface area contributed by atoms with Crippen LogP contribution in [0.2, 0.25) is 0 Å². The van der Waals surface area contributed by atoms with Crippen molar-refractivity contribution >= 4 is 27.7 Å². The number of benzene rings is 1. The summed E-state index contributed by atoms with van der Waals surface area (Å²) in [6.45, 7) is 1.63. The normalized spacial score (nSPS) is 10.6. The number of carbonyl (C=O) groups is 1. The first kappa shape index (κ1) is 16.8. The number of nitrogens with zero attached hydrogens (tertiary/aromatic N) is 3. The van der Waals surface area contributed by atoms with E-state index in [2.05, 4.69) is 26.0 Å². The number of anilines is 1. The minimum absolute atomic E-state index is 0.111. The van der Waals surface area contributed by atoms with Crippen LogP contribution in [0.3, 0.4) is 0 Å². The average Bonchev–Trinajstić information content (AvgIpc) is 2.58. The van der Waals surface area contributed by atoms with Crippen LogP contribution in [0.1, 0.15) is 15.9 Å². The molecule has 25 heavy (non-hydrogen) atoms. The van der Waals surface area contributed by atoms with Crippen LogP contribution in [-0.2, 0) is 0 Å². The lowest BCUT2D eigenvalue weighted by Crippen LogP contribution is -2.22. The van der Waals surface area contributed by atoms with E-state index in [1.165, 1.54) is 12.1 Å². The second-order valence-electron chi connectivity index (χ2n) is 5.31. The SMILES string of the molecule is Cc1c(C(=O)O)cccc1-n1nc(-c2cc(Br)cnc2N)ccc1=O. The minimum Gasteiger partial charge on any atom is -0.478 e. The molecule has 1 aromatic carbocycles. The number of carboxylic acid groups (broad SMARTS) is 1. The van der Waals surface area contributed by atoms with Crippen molar-refractivity contribution in [1.29, 1.82) is 0 Å². The maximum absolute atomic E-state index is 12.3. The Labute approximate surface area is 150 Å². The summed E-state index contributed by atoms with van der Waals surface area (Å²) in [5.41, 5.74) is 7.50. The molecule has 3 N–H and O–H groups in total.